The summed E-state index contributed by atoms with van der Waals surface area (Å²) in [4.78, 5) is 4.13. The average molecular weight is 369 g/mol. The van der Waals surface area contributed by atoms with Crippen molar-refractivity contribution in [3.8, 4) is 0 Å². The molecule has 2 heterocycles. The van der Waals surface area contributed by atoms with E-state index in [0.29, 0.717) is 4.08 Å². The summed E-state index contributed by atoms with van der Waals surface area (Å²) >= 11 is 7.76. The average Bonchev–Trinajstić information content (AvgIpc) is 3.11. The van der Waals surface area contributed by atoms with Crippen molar-refractivity contribution < 1.29 is 0 Å². The molecule has 0 saturated carbocycles. The van der Waals surface area contributed by atoms with Crippen molar-refractivity contribution in [1.82, 2.24) is 9.55 Å². The molecule has 2 nitrogen and oxygen atoms in total. The van der Waals surface area contributed by atoms with Gasteiger partial charge < -0.3 is 4.57 Å². The number of rotatable bonds is 5. The molecule has 0 atom stereocenters. The van der Waals surface area contributed by atoms with E-state index < -0.39 is 0 Å². The van der Waals surface area contributed by atoms with Crippen LogP contribution in [0.15, 0.2) is 47.5 Å². The monoisotopic (exact) mass is 368 g/mol. The van der Waals surface area contributed by atoms with E-state index in [1.165, 1.54) is 23.5 Å². The lowest BCUT2D eigenvalue weighted by molar-refractivity contribution is 0.597. The molecule has 1 aliphatic heterocycles. The Kier molecular flexibility index (Phi) is 4.79. The summed E-state index contributed by atoms with van der Waals surface area (Å²) < 4.78 is 3.67. The zero-order valence-electron chi connectivity index (χ0n) is 11.2. The van der Waals surface area contributed by atoms with Crippen LogP contribution in [0.5, 0.6) is 0 Å². The second-order valence-corrected chi connectivity index (χ2v) is 9.09. The van der Waals surface area contributed by atoms with Crippen molar-refractivity contribution in [2.75, 3.05) is 11.5 Å². The topological polar surface area (TPSA) is 17.8 Å². The lowest BCUT2D eigenvalue weighted by Crippen LogP contribution is -2.23. The van der Waals surface area contributed by atoms with E-state index in [-0.39, 0.29) is 0 Å². The van der Waals surface area contributed by atoms with Crippen LogP contribution in [0.3, 0.4) is 0 Å². The predicted molar refractivity (Wildman–Crippen MR) is 92.3 cm³/mol. The zero-order valence-corrected chi connectivity index (χ0v) is 14.4. The van der Waals surface area contributed by atoms with Gasteiger partial charge in [-0.1, -0.05) is 28.1 Å². The maximum Gasteiger partial charge on any atom is 0.0945 e. The molecule has 2 aromatic rings. The van der Waals surface area contributed by atoms with E-state index in [0.717, 1.165) is 17.4 Å². The Labute approximate surface area is 136 Å². The third-order valence-electron chi connectivity index (χ3n) is 3.51. The standard InChI is InChI=1S/C15H17BrN2S2/c16-14-3-1-13(2-4-14)11-15(19-9-10-20-15)5-7-18-8-6-17-12-18/h1-4,6,8,12H,5,7,9-11H2. The number of thioether (sulfide) groups is 2. The first-order valence-corrected chi connectivity index (χ1v) is 9.50. The fourth-order valence-electron chi connectivity index (χ4n) is 2.46. The number of aryl methyl sites for hydroxylation is 1. The fourth-order valence-corrected chi connectivity index (χ4v) is 5.98. The Hall–Kier alpha value is -0.390. The van der Waals surface area contributed by atoms with Crippen LogP contribution in [0.2, 0.25) is 0 Å². The first-order valence-electron chi connectivity index (χ1n) is 6.74. The Bertz CT molecular complexity index is 534. The Balaban J connectivity index is 1.69. The van der Waals surface area contributed by atoms with Gasteiger partial charge in [0.05, 0.1) is 10.4 Å². The number of hydrogen-bond acceptors (Lipinski definition) is 3. The summed E-state index contributed by atoms with van der Waals surface area (Å²) in [6, 6.07) is 8.76. The third-order valence-corrected chi connectivity index (χ3v) is 7.57. The minimum absolute atomic E-state index is 0.331. The Morgan fingerprint density at radius 1 is 1.20 bits per heavy atom. The largest absolute Gasteiger partial charge is 0.337 e. The highest BCUT2D eigenvalue weighted by Crippen LogP contribution is 2.48. The highest BCUT2D eigenvalue weighted by atomic mass is 79.9. The van der Waals surface area contributed by atoms with Crippen molar-refractivity contribution in [1.29, 1.82) is 0 Å². The van der Waals surface area contributed by atoms with E-state index in [1.54, 1.807) is 0 Å². The fraction of sp³-hybridized carbons (Fsp3) is 0.400. The molecule has 0 bridgehead atoms. The van der Waals surface area contributed by atoms with Gasteiger partial charge in [-0.25, -0.2) is 4.98 Å². The molecule has 0 spiro atoms. The number of halogens is 1. The lowest BCUT2D eigenvalue weighted by Gasteiger charge is -2.27. The smallest absolute Gasteiger partial charge is 0.0945 e. The van der Waals surface area contributed by atoms with Crippen LogP contribution in [0.25, 0.3) is 0 Å². The van der Waals surface area contributed by atoms with Gasteiger partial charge >= 0.3 is 0 Å². The van der Waals surface area contributed by atoms with E-state index in [9.17, 15) is 0 Å². The molecule has 20 heavy (non-hydrogen) atoms. The number of benzene rings is 1. The van der Waals surface area contributed by atoms with Gasteiger partial charge in [-0.15, -0.1) is 23.5 Å². The van der Waals surface area contributed by atoms with Crippen LogP contribution in [0, 0.1) is 0 Å². The summed E-state index contributed by atoms with van der Waals surface area (Å²) in [5, 5.41) is 0. The van der Waals surface area contributed by atoms with Gasteiger partial charge in [-0.2, -0.15) is 0 Å². The van der Waals surface area contributed by atoms with Gasteiger partial charge in [-0.3, -0.25) is 0 Å². The normalized spacial score (nSPS) is 17.4. The van der Waals surface area contributed by atoms with Crippen LogP contribution >= 0.6 is 39.5 Å². The molecule has 0 N–H and O–H groups in total. The minimum Gasteiger partial charge on any atom is -0.337 e. The molecule has 1 aliphatic rings. The molecule has 3 rings (SSSR count). The Morgan fingerprint density at radius 3 is 2.60 bits per heavy atom. The number of nitrogens with zero attached hydrogens (tertiary/aromatic N) is 2. The van der Waals surface area contributed by atoms with Crippen molar-refractivity contribution in [2.24, 2.45) is 0 Å². The maximum atomic E-state index is 4.13. The molecule has 5 heteroatoms. The zero-order chi connectivity index (χ0) is 13.8. The van der Waals surface area contributed by atoms with E-state index in [2.05, 4.69) is 79.5 Å². The van der Waals surface area contributed by atoms with E-state index in [1.807, 2.05) is 12.5 Å². The first kappa shape index (κ1) is 14.5. The molecule has 0 aliphatic carbocycles. The summed E-state index contributed by atoms with van der Waals surface area (Å²) in [7, 11) is 0. The first-order chi connectivity index (χ1) is 9.76. The van der Waals surface area contributed by atoms with Gasteiger partial charge in [-0.05, 0) is 30.5 Å². The second kappa shape index (κ2) is 6.58. The van der Waals surface area contributed by atoms with Crippen LogP contribution < -0.4 is 0 Å². The third kappa shape index (κ3) is 3.62. The summed E-state index contributed by atoms with van der Waals surface area (Å²) in [5.74, 6) is 2.54. The molecule has 0 amide bonds. The number of aromatic nitrogens is 2. The van der Waals surface area contributed by atoms with Crippen molar-refractivity contribution >= 4 is 39.5 Å². The summed E-state index contributed by atoms with van der Waals surface area (Å²) in [5.41, 5.74) is 1.43. The van der Waals surface area contributed by atoms with E-state index >= 15 is 0 Å². The van der Waals surface area contributed by atoms with E-state index in [4.69, 9.17) is 0 Å². The molecule has 0 radical (unpaired) electrons. The van der Waals surface area contributed by atoms with Crippen LogP contribution in [0.4, 0.5) is 0 Å². The predicted octanol–water partition coefficient (Wildman–Crippen LogP) is 4.45. The van der Waals surface area contributed by atoms with Crippen LogP contribution in [-0.4, -0.2) is 25.1 Å². The Morgan fingerprint density at radius 2 is 1.95 bits per heavy atom. The van der Waals surface area contributed by atoms with Crippen LogP contribution in [-0.2, 0) is 13.0 Å². The minimum atomic E-state index is 0.331. The highest BCUT2D eigenvalue weighted by molar-refractivity contribution is 9.10. The molecule has 1 aromatic carbocycles. The van der Waals surface area contributed by atoms with Gasteiger partial charge in [0, 0.05) is 34.9 Å². The maximum absolute atomic E-state index is 4.13. The molecule has 0 unspecified atom stereocenters. The van der Waals surface area contributed by atoms with Crippen molar-refractivity contribution in [3.63, 3.8) is 0 Å². The summed E-state index contributed by atoms with van der Waals surface area (Å²) in [6.45, 7) is 1.05. The van der Waals surface area contributed by atoms with Crippen LogP contribution in [0.1, 0.15) is 12.0 Å². The summed E-state index contributed by atoms with van der Waals surface area (Å²) in [6.07, 6.45) is 8.16. The molecule has 1 aromatic heterocycles. The number of hydrogen-bond donors (Lipinski definition) is 0. The molecular weight excluding hydrogens is 352 g/mol. The second-order valence-electron chi connectivity index (χ2n) is 4.96. The molecular formula is C15H17BrN2S2. The van der Waals surface area contributed by atoms with Gasteiger partial charge in [0.25, 0.3) is 0 Å². The van der Waals surface area contributed by atoms with Crippen molar-refractivity contribution in [3.05, 3.63) is 53.0 Å². The molecule has 106 valence electrons. The van der Waals surface area contributed by atoms with Gasteiger partial charge in [0.1, 0.15) is 0 Å². The SMILES string of the molecule is Brc1ccc(CC2(CCn3ccnc3)SCCS2)cc1. The van der Waals surface area contributed by atoms with Gasteiger partial charge in [0.2, 0.25) is 0 Å². The van der Waals surface area contributed by atoms with Gasteiger partial charge in [0.15, 0.2) is 0 Å². The molecule has 1 saturated heterocycles. The molecule has 1 fully saturated rings. The number of imidazole rings is 1. The quantitative estimate of drug-likeness (QED) is 0.775. The lowest BCUT2D eigenvalue weighted by atomic mass is 10.1. The highest BCUT2D eigenvalue weighted by Gasteiger charge is 2.35. The van der Waals surface area contributed by atoms with Crippen molar-refractivity contribution in [2.45, 2.75) is 23.5 Å².